The van der Waals surface area contributed by atoms with Crippen LogP contribution in [0.3, 0.4) is 0 Å². The molecule has 2 aromatic rings. The highest BCUT2D eigenvalue weighted by Crippen LogP contribution is 2.16. The van der Waals surface area contributed by atoms with Gasteiger partial charge in [0.2, 0.25) is 0 Å². The molecule has 0 saturated heterocycles. The van der Waals surface area contributed by atoms with E-state index < -0.39 is 19.1 Å². The molecule has 0 aliphatic carbocycles. The van der Waals surface area contributed by atoms with Crippen LogP contribution >= 0.6 is 0 Å². The fourth-order valence-electron chi connectivity index (χ4n) is 1.26. The molecule has 0 unspecified atom stereocenters. The first-order valence-corrected chi connectivity index (χ1v) is 4.63. The molecule has 0 aromatic carbocycles. The van der Waals surface area contributed by atoms with Crippen molar-refractivity contribution in [1.82, 2.24) is 14.6 Å². The van der Waals surface area contributed by atoms with Crippen LogP contribution in [-0.2, 0) is 0 Å². The quantitative estimate of drug-likeness (QED) is 0.811. The van der Waals surface area contributed by atoms with E-state index in [0.29, 0.717) is 11.3 Å². The first kappa shape index (κ1) is 10.7. The summed E-state index contributed by atoms with van der Waals surface area (Å²) >= 11 is 0. The van der Waals surface area contributed by atoms with Gasteiger partial charge in [-0.3, -0.25) is 0 Å². The third-order valence-electron chi connectivity index (χ3n) is 2.07. The highest BCUT2D eigenvalue weighted by molar-refractivity contribution is 5.66. The average molecular weight is 228 g/mol. The SMILES string of the molecule is OCC(F)(F)CNc1nccn2nccc12. The summed E-state index contributed by atoms with van der Waals surface area (Å²) in [6.07, 6.45) is 4.62. The molecule has 0 atom stereocenters. The van der Waals surface area contributed by atoms with E-state index in [4.69, 9.17) is 5.11 Å². The number of nitrogens with one attached hydrogen (secondary N) is 1. The van der Waals surface area contributed by atoms with Crippen molar-refractivity contribution >= 4 is 11.3 Å². The van der Waals surface area contributed by atoms with Gasteiger partial charge in [0.25, 0.3) is 5.92 Å². The van der Waals surface area contributed by atoms with Crippen LogP contribution in [0.4, 0.5) is 14.6 Å². The fraction of sp³-hybridized carbons (Fsp3) is 0.333. The summed E-state index contributed by atoms with van der Waals surface area (Å²) in [5, 5.41) is 14.8. The van der Waals surface area contributed by atoms with Crippen molar-refractivity contribution in [2.24, 2.45) is 0 Å². The molecule has 0 fully saturated rings. The van der Waals surface area contributed by atoms with E-state index in [-0.39, 0.29) is 0 Å². The second-order valence-corrected chi connectivity index (χ2v) is 3.30. The van der Waals surface area contributed by atoms with E-state index >= 15 is 0 Å². The lowest BCUT2D eigenvalue weighted by atomic mass is 10.3. The zero-order valence-electron chi connectivity index (χ0n) is 8.27. The molecule has 0 aliphatic rings. The van der Waals surface area contributed by atoms with Crippen LogP contribution in [0, 0.1) is 0 Å². The van der Waals surface area contributed by atoms with E-state index in [0.717, 1.165) is 0 Å². The van der Waals surface area contributed by atoms with Crippen LogP contribution in [0.25, 0.3) is 5.52 Å². The summed E-state index contributed by atoms with van der Waals surface area (Å²) in [5.74, 6) is -2.85. The Morgan fingerprint density at radius 2 is 2.25 bits per heavy atom. The van der Waals surface area contributed by atoms with Crippen molar-refractivity contribution in [3.8, 4) is 0 Å². The van der Waals surface area contributed by atoms with E-state index in [2.05, 4.69) is 15.4 Å². The van der Waals surface area contributed by atoms with E-state index in [1.54, 1.807) is 18.5 Å². The number of aliphatic hydroxyl groups is 1. The minimum atomic E-state index is -3.16. The van der Waals surface area contributed by atoms with Crippen LogP contribution in [-0.4, -0.2) is 38.8 Å². The molecule has 2 heterocycles. The molecule has 5 nitrogen and oxygen atoms in total. The highest BCUT2D eigenvalue weighted by Gasteiger charge is 2.27. The Morgan fingerprint density at radius 3 is 3.00 bits per heavy atom. The molecule has 0 amide bonds. The van der Waals surface area contributed by atoms with Crippen molar-refractivity contribution in [3.63, 3.8) is 0 Å². The normalized spacial score (nSPS) is 11.9. The molecule has 2 N–H and O–H groups in total. The second kappa shape index (κ2) is 4.01. The van der Waals surface area contributed by atoms with Crippen LogP contribution in [0.1, 0.15) is 0 Å². The number of nitrogens with zero attached hydrogens (tertiary/aromatic N) is 3. The number of anilines is 1. The Kier molecular flexibility index (Phi) is 2.69. The second-order valence-electron chi connectivity index (χ2n) is 3.30. The van der Waals surface area contributed by atoms with Gasteiger partial charge in [0.1, 0.15) is 12.1 Å². The Hall–Kier alpha value is -1.76. The highest BCUT2D eigenvalue weighted by atomic mass is 19.3. The van der Waals surface area contributed by atoms with Crippen molar-refractivity contribution in [2.45, 2.75) is 5.92 Å². The predicted molar refractivity (Wildman–Crippen MR) is 53.5 cm³/mol. The van der Waals surface area contributed by atoms with Gasteiger partial charge in [0.05, 0.1) is 12.7 Å². The molecule has 2 aromatic heterocycles. The third-order valence-corrected chi connectivity index (χ3v) is 2.07. The lowest BCUT2D eigenvalue weighted by Gasteiger charge is -2.14. The van der Waals surface area contributed by atoms with Gasteiger partial charge < -0.3 is 10.4 Å². The number of aromatic nitrogens is 3. The number of alkyl halides is 2. The molecular weight excluding hydrogens is 218 g/mol. The summed E-state index contributed by atoms with van der Waals surface area (Å²) in [6.45, 7) is -1.86. The topological polar surface area (TPSA) is 62.5 Å². The van der Waals surface area contributed by atoms with Gasteiger partial charge in [-0.25, -0.2) is 18.3 Å². The van der Waals surface area contributed by atoms with Crippen molar-refractivity contribution in [1.29, 1.82) is 0 Å². The largest absolute Gasteiger partial charge is 0.390 e. The molecular formula is C9H10F2N4O. The van der Waals surface area contributed by atoms with E-state index in [1.807, 2.05) is 0 Å². The maximum absolute atomic E-state index is 12.8. The Labute approximate surface area is 89.7 Å². The van der Waals surface area contributed by atoms with Crippen molar-refractivity contribution in [2.75, 3.05) is 18.5 Å². The van der Waals surface area contributed by atoms with Crippen molar-refractivity contribution in [3.05, 3.63) is 24.7 Å². The third kappa shape index (κ3) is 2.08. The molecule has 0 spiro atoms. The summed E-state index contributed by atoms with van der Waals surface area (Å²) in [7, 11) is 0. The van der Waals surface area contributed by atoms with Gasteiger partial charge in [0, 0.05) is 12.4 Å². The lowest BCUT2D eigenvalue weighted by Crippen LogP contribution is -2.31. The van der Waals surface area contributed by atoms with Crippen molar-refractivity contribution < 1.29 is 13.9 Å². The van der Waals surface area contributed by atoms with E-state index in [1.165, 1.54) is 10.7 Å². The summed E-state index contributed by atoms with van der Waals surface area (Å²) in [6, 6.07) is 1.66. The molecule has 2 rings (SSSR count). The molecule has 0 saturated carbocycles. The standard InChI is InChI=1S/C9H10F2N4O/c10-9(11,6-16)5-13-8-7-1-2-14-15(7)4-3-12-8/h1-4,16H,5-6H2,(H,12,13). The van der Waals surface area contributed by atoms with Gasteiger partial charge >= 0.3 is 0 Å². The van der Waals surface area contributed by atoms with Gasteiger partial charge in [-0.2, -0.15) is 5.10 Å². The van der Waals surface area contributed by atoms with E-state index in [9.17, 15) is 8.78 Å². The molecule has 0 bridgehead atoms. The van der Waals surface area contributed by atoms with Crippen LogP contribution in [0.2, 0.25) is 0 Å². The van der Waals surface area contributed by atoms with Gasteiger partial charge in [-0.1, -0.05) is 0 Å². The van der Waals surface area contributed by atoms with Gasteiger partial charge in [-0.05, 0) is 6.07 Å². The van der Waals surface area contributed by atoms with Crippen LogP contribution < -0.4 is 5.32 Å². The number of hydrogen-bond acceptors (Lipinski definition) is 4. The first-order valence-electron chi connectivity index (χ1n) is 4.63. The Morgan fingerprint density at radius 1 is 1.44 bits per heavy atom. The zero-order valence-corrected chi connectivity index (χ0v) is 8.27. The first-order chi connectivity index (χ1) is 7.62. The summed E-state index contributed by atoms with van der Waals surface area (Å²) in [5.41, 5.74) is 0.608. The summed E-state index contributed by atoms with van der Waals surface area (Å²) < 4.78 is 27.1. The maximum Gasteiger partial charge on any atom is 0.287 e. The smallest absolute Gasteiger partial charge is 0.287 e. The maximum atomic E-state index is 12.8. The van der Waals surface area contributed by atoms with Gasteiger partial charge in [0.15, 0.2) is 5.82 Å². The fourth-order valence-corrected chi connectivity index (χ4v) is 1.26. The molecule has 0 aliphatic heterocycles. The predicted octanol–water partition coefficient (Wildman–Crippen LogP) is 0.769. The monoisotopic (exact) mass is 228 g/mol. The average Bonchev–Trinajstić information content (AvgIpc) is 2.75. The number of aliphatic hydroxyl groups excluding tert-OH is 1. The number of rotatable bonds is 4. The van der Waals surface area contributed by atoms with Gasteiger partial charge in [-0.15, -0.1) is 0 Å². The Balaban J connectivity index is 2.18. The minimum Gasteiger partial charge on any atom is -0.390 e. The molecule has 16 heavy (non-hydrogen) atoms. The molecule has 7 heteroatoms. The molecule has 86 valence electrons. The summed E-state index contributed by atoms with van der Waals surface area (Å²) in [4.78, 5) is 3.93. The van der Waals surface area contributed by atoms with Crippen LogP contribution in [0.15, 0.2) is 24.7 Å². The van der Waals surface area contributed by atoms with Crippen LogP contribution in [0.5, 0.6) is 0 Å². The zero-order chi connectivity index (χ0) is 11.6. The minimum absolute atomic E-state index is 0.313. The number of fused-ring (bicyclic) bond motifs is 1. The molecule has 0 radical (unpaired) electrons. The number of halogens is 2. The Bertz CT molecular complexity index is 485. The number of hydrogen-bond donors (Lipinski definition) is 2. The lowest BCUT2D eigenvalue weighted by molar-refractivity contribution is -0.0373.